The van der Waals surface area contributed by atoms with Crippen LogP contribution in [0.25, 0.3) is 0 Å². The van der Waals surface area contributed by atoms with Gasteiger partial charge in [-0.2, -0.15) is 0 Å². The Morgan fingerprint density at radius 3 is 2.89 bits per heavy atom. The molecule has 0 spiro atoms. The van der Waals surface area contributed by atoms with E-state index in [9.17, 15) is 15.0 Å². The summed E-state index contributed by atoms with van der Waals surface area (Å²) in [5, 5.41) is 21.7. The number of amides is 1. The molecule has 3 unspecified atom stereocenters. The van der Waals surface area contributed by atoms with Crippen LogP contribution in [0.1, 0.15) is 17.0 Å². The largest absolute Gasteiger partial charge is 0.390 e. The van der Waals surface area contributed by atoms with Gasteiger partial charge < -0.3 is 20.3 Å². The second kappa shape index (κ2) is 5.85. The Labute approximate surface area is 104 Å². The van der Waals surface area contributed by atoms with Crippen LogP contribution < -0.4 is 5.32 Å². The molecular formula is C11H15N3O4. The topological polar surface area (TPSA) is 105 Å². The van der Waals surface area contributed by atoms with E-state index in [4.69, 9.17) is 4.74 Å². The lowest BCUT2D eigenvalue weighted by atomic mass is 10.0. The Balaban J connectivity index is 1.86. The Morgan fingerprint density at radius 2 is 2.17 bits per heavy atom. The van der Waals surface area contributed by atoms with Crippen molar-refractivity contribution in [2.24, 2.45) is 0 Å². The van der Waals surface area contributed by atoms with Gasteiger partial charge in [0.25, 0.3) is 5.91 Å². The predicted octanol–water partition coefficient (Wildman–Crippen LogP) is -1.28. The summed E-state index contributed by atoms with van der Waals surface area (Å²) in [6.07, 6.45) is 0.925. The molecule has 0 aliphatic carbocycles. The number of aliphatic hydroxyl groups excluding tert-OH is 2. The van der Waals surface area contributed by atoms with E-state index in [1.165, 1.54) is 12.4 Å². The van der Waals surface area contributed by atoms with E-state index in [1.54, 1.807) is 6.07 Å². The second-order valence-corrected chi connectivity index (χ2v) is 4.04. The average Bonchev–Trinajstić information content (AvgIpc) is 2.41. The van der Waals surface area contributed by atoms with Crippen LogP contribution in [-0.2, 0) is 4.74 Å². The van der Waals surface area contributed by atoms with Crippen LogP contribution in [0, 0.1) is 0 Å². The fraction of sp³-hybridized carbons (Fsp3) is 0.545. The van der Waals surface area contributed by atoms with Gasteiger partial charge in [-0.1, -0.05) is 0 Å². The third-order valence-corrected chi connectivity index (χ3v) is 2.75. The zero-order chi connectivity index (χ0) is 13.0. The molecule has 1 aliphatic rings. The van der Waals surface area contributed by atoms with Gasteiger partial charge in [-0.25, -0.2) is 9.97 Å². The standard InChI is InChI=1S/C11H15N3O4/c15-7-2-5-18-8(9(7)16)6-14-11(17)10-12-3-1-4-13-10/h1,3-4,7-9,15-16H,2,5-6H2,(H,14,17). The monoisotopic (exact) mass is 253 g/mol. The molecule has 7 heteroatoms. The van der Waals surface area contributed by atoms with E-state index in [0.717, 1.165) is 0 Å². The number of aromatic nitrogens is 2. The molecule has 0 radical (unpaired) electrons. The number of nitrogens with one attached hydrogen (secondary N) is 1. The van der Waals surface area contributed by atoms with Crippen LogP contribution in [0.2, 0.25) is 0 Å². The molecule has 1 aliphatic heterocycles. The highest BCUT2D eigenvalue weighted by Gasteiger charge is 2.31. The average molecular weight is 253 g/mol. The fourth-order valence-electron chi connectivity index (χ4n) is 1.73. The molecule has 1 amide bonds. The van der Waals surface area contributed by atoms with Crippen LogP contribution in [0.15, 0.2) is 18.5 Å². The third kappa shape index (κ3) is 3.00. The van der Waals surface area contributed by atoms with Crippen molar-refractivity contribution in [3.05, 3.63) is 24.3 Å². The molecule has 0 aromatic carbocycles. The first-order valence-electron chi connectivity index (χ1n) is 5.71. The smallest absolute Gasteiger partial charge is 0.289 e. The fourth-order valence-corrected chi connectivity index (χ4v) is 1.73. The number of carbonyl (C=O) groups excluding carboxylic acids is 1. The van der Waals surface area contributed by atoms with Crippen molar-refractivity contribution in [3.63, 3.8) is 0 Å². The molecule has 2 rings (SSSR count). The number of ether oxygens (including phenoxy) is 1. The van der Waals surface area contributed by atoms with Crippen molar-refractivity contribution in [2.45, 2.75) is 24.7 Å². The highest BCUT2D eigenvalue weighted by atomic mass is 16.5. The van der Waals surface area contributed by atoms with Crippen LogP contribution in [0.3, 0.4) is 0 Å². The predicted molar refractivity (Wildman–Crippen MR) is 60.7 cm³/mol. The molecule has 0 saturated carbocycles. The molecule has 2 heterocycles. The van der Waals surface area contributed by atoms with Crippen molar-refractivity contribution in [1.82, 2.24) is 15.3 Å². The minimum Gasteiger partial charge on any atom is -0.390 e. The molecule has 1 aromatic rings. The van der Waals surface area contributed by atoms with Gasteiger partial charge in [-0.3, -0.25) is 4.79 Å². The lowest BCUT2D eigenvalue weighted by molar-refractivity contribution is -0.132. The number of carbonyl (C=O) groups is 1. The number of nitrogens with zero attached hydrogens (tertiary/aromatic N) is 2. The van der Waals surface area contributed by atoms with Gasteiger partial charge in [0.1, 0.15) is 12.2 Å². The van der Waals surface area contributed by atoms with Gasteiger partial charge in [0.05, 0.1) is 6.10 Å². The summed E-state index contributed by atoms with van der Waals surface area (Å²) in [6.45, 7) is 0.468. The molecule has 7 nitrogen and oxygen atoms in total. The van der Waals surface area contributed by atoms with Gasteiger partial charge in [0.15, 0.2) is 0 Å². The molecule has 3 atom stereocenters. The Morgan fingerprint density at radius 1 is 1.44 bits per heavy atom. The van der Waals surface area contributed by atoms with Gasteiger partial charge in [-0.15, -0.1) is 0 Å². The van der Waals surface area contributed by atoms with E-state index >= 15 is 0 Å². The maximum atomic E-state index is 11.6. The van der Waals surface area contributed by atoms with Crippen LogP contribution in [0.4, 0.5) is 0 Å². The maximum absolute atomic E-state index is 11.6. The van der Waals surface area contributed by atoms with Gasteiger partial charge >= 0.3 is 0 Å². The van der Waals surface area contributed by atoms with E-state index in [0.29, 0.717) is 13.0 Å². The van der Waals surface area contributed by atoms with Crippen molar-refractivity contribution in [2.75, 3.05) is 13.2 Å². The van der Waals surface area contributed by atoms with E-state index in [1.807, 2.05) is 0 Å². The van der Waals surface area contributed by atoms with Gasteiger partial charge in [-0.05, 0) is 12.5 Å². The Bertz CT molecular complexity index is 401. The van der Waals surface area contributed by atoms with Crippen LogP contribution >= 0.6 is 0 Å². The minimum absolute atomic E-state index is 0.0587. The number of aliphatic hydroxyl groups is 2. The Kier molecular flexibility index (Phi) is 4.19. The zero-order valence-electron chi connectivity index (χ0n) is 9.69. The highest BCUT2D eigenvalue weighted by Crippen LogP contribution is 2.14. The van der Waals surface area contributed by atoms with Crippen molar-refractivity contribution < 1.29 is 19.7 Å². The Hall–Kier alpha value is -1.57. The van der Waals surface area contributed by atoms with Gasteiger partial charge in [0, 0.05) is 25.5 Å². The summed E-state index contributed by atoms with van der Waals surface area (Å²) in [5.74, 6) is -0.380. The second-order valence-electron chi connectivity index (χ2n) is 4.04. The van der Waals surface area contributed by atoms with Crippen molar-refractivity contribution in [3.8, 4) is 0 Å². The number of rotatable bonds is 3. The summed E-state index contributed by atoms with van der Waals surface area (Å²) >= 11 is 0. The maximum Gasteiger partial charge on any atom is 0.289 e. The highest BCUT2D eigenvalue weighted by molar-refractivity contribution is 5.90. The summed E-state index contributed by atoms with van der Waals surface area (Å²) in [7, 11) is 0. The van der Waals surface area contributed by atoms with Crippen molar-refractivity contribution in [1.29, 1.82) is 0 Å². The van der Waals surface area contributed by atoms with E-state index in [2.05, 4.69) is 15.3 Å². The van der Waals surface area contributed by atoms with E-state index in [-0.39, 0.29) is 12.4 Å². The SMILES string of the molecule is O=C(NCC1OCCC(O)C1O)c1ncccn1. The zero-order valence-corrected chi connectivity index (χ0v) is 9.69. The quantitative estimate of drug-likeness (QED) is 0.619. The summed E-state index contributed by atoms with van der Waals surface area (Å²) in [6, 6.07) is 1.61. The molecule has 1 fully saturated rings. The minimum atomic E-state index is -0.990. The normalized spacial score (nSPS) is 27.8. The first-order valence-corrected chi connectivity index (χ1v) is 5.71. The van der Waals surface area contributed by atoms with Crippen molar-refractivity contribution >= 4 is 5.91 Å². The van der Waals surface area contributed by atoms with Crippen LogP contribution in [0.5, 0.6) is 0 Å². The molecule has 1 aromatic heterocycles. The lowest BCUT2D eigenvalue weighted by Crippen LogP contribution is -2.50. The molecular weight excluding hydrogens is 238 g/mol. The lowest BCUT2D eigenvalue weighted by Gasteiger charge is -2.31. The molecule has 0 bridgehead atoms. The molecule has 18 heavy (non-hydrogen) atoms. The third-order valence-electron chi connectivity index (χ3n) is 2.75. The van der Waals surface area contributed by atoms with Gasteiger partial charge in [0.2, 0.25) is 5.82 Å². The molecule has 3 N–H and O–H groups in total. The summed E-state index contributed by atoms with van der Waals surface area (Å²) in [4.78, 5) is 19.2. The van der Waals surface area contributed by atoms with E-state index < -0.39 is 24.2 Å². The summed E-state index contributed by atoms with van der Waals surface area (Å²) in [5.41, 5.74) is 0. The first-order chi connectivity index (χ1) is 8.68. The summed E-state index contributed by atoms with van der Waals surface area (Å²) < 4.78 is 5.28. The number of hydrogen-bond acceptors (Lipinski definition) is 6. The number of hydrogen-bond donors (Lipinski definition) is 3. The first kappa shape index (κ1) is 12.9. The van der Waals surface area contributed by atoms with Crippen LogP contribution in [-0.4, -0.2) is 57.6 Å². The molecule has 1 saturated heterocycles. The molecule has 98 valence electrons.